The number of hydrogen-bond donors (Lipinski definition) is 1. The molecule has 1 amide bonds. The van der Waals surface area contributed by atoms with Crippen molar-refractivity contribution in [2.24, 2.45) is 5.92 Å². The molecule has 0 bridgehead atoms. The molecule has 3 heteroatoms. The largest absolute Gasteiger partial charge is 0.325 e. The lowest BCUT2D eigenvalue weighted by molar-refractivity contribution is -0.120. The zero-order valence-corrected chi connectivity index (χ0v) is 16.9. The van der Waals surface area contributed by atoms with Gasteiger partial charge in [-0.3, -0.25) is 9.69 Å². The lowest BCUT2D eigenvalue weighted by Gasteiger charge is -2.31. The maximum absolute atomic E-state index is 13.4. The van der Waals surface area contributed by atoms with Crippen LogP contribution in [0.15, 0.2) is 72.8 Å². The number of carbonyl (C=O) groups is 1. The number of amides is 1. The van der Waals surface area contributed by atoms with Crippen LogP contribution in [0, 0.1) is 5.92 Å². The number of benzene rings is 3. The maximum Gasteiger partial charge on any atom is 0.229 e. The van der Waals surface area contributed by atoms with Gasteiger partial charge in [0.15, 0.2) is 0 Å². The van der Waals surface area contributed by atoms with Gasteiger partial charge in [-0.25, -0.2) is 0 Å². The maximum atomic E-state index is 13.4. The quantitative estimate of drug-likeness (QED) is 0.677. The minimum absolute atomic E-state index is 0.0432. The minimum Gasteiger partial charge on any atom is -0.325 e. The summed E-state index contributed by atoms with van der Waals surface area (Å²) in [5, 5.41) is 5.46. The van der Waals surface area contributed by atoms with E-state index in [1.807, 2.05) is 30.3 Å². The Bertz CT molecular complexity index is 969. The van der Waals surface area contributed by atoms with Gasteiger partial charge in [0.25, 0.3) is 0 Å². The lowest BCUT2D eigenvalue weighted by atomic mass is 9.88. The predicted molar refractivity (Wildman–Crippen MR) is 117 cm³/mol. The molecular formula is C25H28N2O. The highest BCUT2D eigenvalue weighted by molar-refractivity contribution is 6.03. The van der Waals surface area contributed by atoms with E-state index in [-0.39, 0.29) is 23.3 Å². The first-order chi connectivity index (χ1) is 13.4. The second-order valence-electron chi connectivity index (χ2n) is 8.72. The topological polar surface area (TPSA) is 32.3 Å². The molecule has 4 rings (SSSR count). The Morgan fingerprint density at radius 2 is 1.57 bits per heavy atom. The second kappa shape index (κ2) is 7.40. The molecule has 3 aromatic carbocycles. The molecule has 1 aliphatic heterocycles. The van der Waals surface area contributed by atoms with Crippen molar-refractivity contribution in [3.05, 3.63) is 78.4 Å². The summed E-state index contributed by atoms with van der Waals surface area (Å²) in [6.07, 6.45) is 0. The highest BCUT2D eigenvalue weighted by Gasteiger charge is 2.41. The van der Waals surface area contributed by atoms with E-state index in [9.17, 15) is 4.79 Å². The molecule has 28 heavy (non-hydrogen) atoms. The highest BCUT2D eigenvalue weighted by Crippen LogP contribution is 2.37. The van der Waals surface area contributed by atoms with E-state index >= 15 is 0 Å². The molecule has 144 valence electrons. The normalized spacial score (nSPS) is 20.4. The van der Waals surface area contributed by atoms with Crippen LogP contribution in [0.3, 0.4) is 0 Å². The fourth-order valence-electron chi connectivity index (χ4n) is 4.22. The van der Waals surface area contributed by atoms with Crippen molar-refractivity contribution in [2.45, 2.75) is 32.2 Å². The summed E-state index contributed by atoms with van der Waals surface area (Å²) in [7, 11) is 0. The average Bonchev–Trinajstić information content (AvgIpc) is 3.15. The monoisotopic (exact) mass is 372 g/mol. The first kappa shape index (κ1) is 18.7. The molecule has 2 atom stereocenters. The molecule has 1 N–H and O–H groups in total. The number of likely N-dealkylation sites (tertiary alicyclic amines) is 1. The van der Waals surface area contributed by atoms with Gasteiger partial charge in [0.1, 0.15) is 0 Å². The Kier molecular flexibility index (Phi) is 4.94. The molecule has 0 saturated carbocycles. The van der Waals surface area contributed by atoms with Crippen molar-refractivity contribution in [2.75, 3.05) is 18.4 Å². The Labute approximate surface area is 167 Å². The van der Waals surface area contributed by atoms with Crippen LogP contribution >= 0.6 is 0 Å². The number of rotatable bonds is 3. The molecule has 1 aliphatic rings. The van der Waals surface area contributed by atoms with Crippen molar-refractivity contribution < 1.29 is 4.79 Å². The summed E-state index contributed by atoms with van der Waals surface area (Å²) >= 11 is 0. The number of fused-ring (bicyclic) bond motifs is 1. The summed E-state index contributed by atoms with van der Waals surface area (Å²) in [5.41, 5.74) is 2.18. The highest BCUT2D eigenvalue weighted by atomic mass is 16.2. The Hall–Kier alpha value is -2.65. The van der Waals surface area contributed by atoms with Crippen molar-refractivity contribution in [1.29, 1.82) is 0 Å². The summed E-state index contributed by atoms with van der Waals surface area (Å²) in [5.74, 6) is 0.243. The van der Waals surface area contributed by atoms with E-state index in [2.05, 4.69) is 73.5 Å². The van der Waals surface area contributed by atoms with Crippen molar-refractivity contribution in [1.82, 2.24) is 4.90 Å². The summed E-state index contributed by atoms with van der Waals surface area (Å²) in [6, 6.07) is 24.7. The van der Waals surface area contributed by atoms with Gasteiger partial charge in [0, 0.05) is 35.6 Å². The Morgan fingerprint density at radius 3 is 2.32 bits per heavy atom. The zero-order valence-electron chi connectivity index (χ0n) is 16.9. The fraction of sp³-hybridized carbons (Fsp3) is 0.320. The number of hydrogen-bond acceptors (Lipinski definition) is 2. The van der Waals surface area contributed by atoms with Gasteiger partial charge in [-0.2, -0.15) is 0 Å². The lowest BCUT2D eigenvalue weighted by Crippen LogP contribution is -2.40. The van der Waals surface area contributed by atoms with E-state index in [1.54, 1.807) is 0 Å². The molecule has 0 aromatic heterocycles. The zero-order chi connectivity index (χ0) is 19.7. The smallest absolute Gasteiger partial charge is 0.229 e. The van der Waals surface area contributed by atoms with E-state index in [0.717, 1.165) is 29.5 Å². The molecular weight excluding hydrogens is 344 g/mol. The van der Waals surface area contributed by atoms with Gasteiger partial charge in [-0.15, -0.1) is 0 Å². The van der Waals surface area contributed by atoms with Gasteiger partial charge in [-0.05, 0) is 37.8 Å². The van der Waals surface area contributed by atoms with Gasteiger partial charge >= 0.3 is 0 Å². The van der Waals surface area contributed by atoms with Crippen LogP contribution in [0.2, 0.25) is 0 Å². The first-order valence-electron chi connectivity index (χ1n) is 10.0. The van der Waals surface area contributed by atoms with Gasteiger partial charge < -0.3 is 5.32 Å². The molecule has 1 heterocycles. The van der Waals surface area contributed by atoms with E-state index in [1.165, 1.54) is 5.56 Å². The molecule has 0 radical (unpaired) electrons. The Morgan fingerprint density at radius 1 is 0.893 bits per heavy atom. The third kappa shape index (κ3) is 3.67. The van der Waals surface area contributed by atoms with Crippen LogP contribution in [0.4, 0.5) is 5.69 Å². The molecule has 3 aromatic rings. The third-order valence-electron chi connectivity index (χ3n) is 5.88. The number of carbonyl (C=O) groups excluding carboxylic acids is 1. The van der Waals surface area contributed by atoms with Gasteiger partial charge in [-0.1, -0.05) is 66.7 Å². The molecule has 1 saturated heterocycles. The van der Waals surface area contributed by atoms with Crippen LogP contribution in [0.5, 0.6) is 0 Å². The Balaban J connectivity index is 1.64. The van der Waals surface area contributed by atoms with E-state index in [4.69, 9.17) is 0 Å². The minimum atomic E-state index is -0.0689. The van der Waals surface area contributed by atoms with Crippen LogP contribution in [-0.2, 0) is 4.79 Å². The molecule has 0 spiro atoms. The summed E-state index contributed by atoms with van der Waals surface area (Å²) in [4.78, 5) is 15.8. The number of nitrogens with one attached hydrogen (secondary N) is 1. The molecule has 3 nitrogen and oxygen atoms in total. The van der Waals surface area contributed by atoms with Gasteiger partial charge in [0.2, 0.25) is 5.91 Å². The first-order valence-corrected chi connectivity index (χ1v) is 10.0. The number of nitrogens with zero attached hydrogens (tertiary/aromatic N) is 1. The molecule has 1 fully saturated rings. The van der Waals surface area contributed by atoms with Crippen LogP contribution in [0.1, 0.15) is 32.3 Å². The van der Waals surface area contributed by atoms with Crippen molar-refractivity contribution in [3.63, 3.8) is 0 Å². The average molecular weight is 373 g/mol. The summed E-state index contributed by atoms with van der Waals surface area (Å²) in [6.45, 7) is 8.35. The predicted octanol–water partition coefficient (Wildman–Crippen LogP) is 5.29. The van der Waals surface area contributed by atoms with Crippen molar-refractivity contribution >= 4 is 22.4 Å². The van der Waals surface area contributed by atoms with Crippen molar-refractivity contribution in [3.8, 4) is 0 Å². The fourth-order valence-corrected chi connectivity index (χ4v) is 4.22. The van der Waals surface area contributed by atoms with Gasteiger partial charge in [0.05, 0.1) is 5.92 Å². The molecule has 0 aliphatic carbocycles. The standard InChI is InChI=1S/C25H28N2O/c1-25(2,3)27-16-21(19-10-5-4-6-11-19)22(17-27)24(28)26-23-15-9-13-18-12-7-8-14-20(18)23/h4-15,21-22H,16-17H2,1-3H3,(H,26,28)/t21-,22+/m0/s1. The SMILES string of the molecule is CC(C)(C)N1C[C@@H](C(=O)Nc2cccc3ccccc23)[C@H](c2ccccc2)C1. The summed E-state index contributed by atoms with van der Waals surface area (Å²) < 4.78 is 0. The van der Waals surface area contributed by atoms with Crippen LogP contribution in [0.25, 0.3) is 10.8 Å². The van der Waals surface area contributed by atoms with E-state index in [0.29, 0.717) is 0 Å². The third-order valence-corrected chi connectivity index (χ3v) is 5.88. The van der Waals surface area contributed by atoms with Crippen LogP contribution < -0.4 is 5.32 Å². The van der Waals surface area contributed by atoms with Crippen LogP contribution in [-0.4, -0.2) is 29.4 Å². The number of anilines is 1. The molecule has 0 unspecified atom stereocenters. The van der Waals surface area contributed by atoms with E-state index < -0.39 is 0 Å². The second-order valence-corrected chi connectivity index (χ2v) is 8.72.